The molecule has 6 heteroatoms. The Balaban J connectivity index is 2.23. The quantitative estimate of drug-likeness (QED) is 0.426. The van der Waals surface area contributed by atoms with Gasteiger partial charge in [-0.1, -0.05) is 0 Å². The summed E-state index contributed by atoms with van der Waals surface area (Å²) in [5.74, 6) is 0.574. The number of hydrogen-bond acceptors (Lipinski definition) is 5. The number of nitrogens with one attached hydrogen (secondary N) is 1. The predicted octanol–water partition coefficient (Wildman–Crippen LogP) is 1.27. The molecule has 0 unspecified atom stereocenters. The van der Waals surface area contributed by atoms with Gasteiger partial charge in [0.2, 0.25) is 5.91 Å². The van der Waals surface area contributed by atoms with Gasteiger partial charge in [-0.25, -0.2) is 9.97 Å². The maximum absolute atomic E-state index is 10.5. The molecule has 88 valence electrons. The number of nitrogens with two attached hydrogens (primary N) is 1. The summed E-state index contributed by atoms with van der Waals surface area (Å²) in [5, 5.41) is 4.12. The number of hydrogen-bond donors (Lipinski definition) is 2. The monoisotopic (exact) mass is 240 g/mol. The summed E-state index contributed by atoms with van der Waals surface area (Å²) in [7, 11) is 0. The average Bonchev–Trinajstić information content (AvgIpc) is 2.28. The molecule has 1 aromatic rings. The normalized spacial score (nSPS) is 10.1. The van der Waals surface area contributed by atoms with Crippen molar-refractivity contribution in [1.29, 1.82) is 0 Å². The Morgan fingerprint density at radius 2 is 2.31 bits per heavy atom. The molecule has 0 bridgehead atoms. The molecular weight excluding hydrogens is 224 g/mol. The van der Waals surface area contributed by atoms with Gasteiger partial charge in [0.15, 0.2) is 0 Å². The lowest BCUT2D eigenvalue weighted by molar-refractivity contribution is -0.118. The largest absolute Gasteiger partial charge is 0.370 e. The minimum atomic E-state index is -0.244. The first-order valence-electron chi connectivity index (χ1n) is 5.10. The van der Waals surface area contributed by atoms with E-state index in [1.165, 1.54) is 6.33 Å². The predicted molar refractivity (Wildman–Crippen MR) is 65.3 cm³/mol. The van der Waals surface area contributed by atoms with E-state index in [1.807, 2.05) is 12.3 Å². The van der Waals surface area contributed by atoms with Crippen molar-refractivity contribution in [1.82, 2.24) is 9.97 Å². The van der Waals surface area contributed by atoms with Gasteiger partial charge >= 0.3 is 0 Å². The van der Waals surface area contributed by atoms with Gasteiger partial charge in [-0.05, 0) is 19.1 Å². The van der Waals surface area contributed by atoms with Crippen molar-refractivity contribution in [3.63, 3.8) is 0 Å². The van der Waals surface area contributed by atoms with Crippen molar-refractivity contribution in [3.05, 3.63) is 12.4 Å². The number of aromatic nitrogens is 2. The second-order valence-electron chi connectivity index (χ2n) is 3.30. The second-order valence-corrected chi connectivity index (χ2v) is 4.12. The van der Waals surface area contributed by atoms with Crippen molar-refractivity contribution in [2.75, 3.05) is 18.1 Å². The lowest BCUT2D eigenvalue weighted by atomic mass is 10.2. The number of unbranched alkanes of at least 4 members (excludes halogenated alkanes) is 1. The summed E-state index contributed by atoms with van der Waals surface area (Å²) >= 11 is 1.58. The second kappa shape index (κ2) is 7.05. The SMILES string of the molecule is CSc1cc(NCCCCC(N)=O)ncn1. The maximum Gasteiger partial charge on any atom is 0.217 e. The fraction of sp³-hybridized carbons (Fsp3) is 0.500. The number of primary amides is 1. The number of thioether (sulfide) groups is 1. The molecule has 1 amide bonds. The molecule has 0 aliphatic heterocycles. The van der Waals surface area contributed by atoms with Crippen LogP contribution >= 0.6 is 11.8 Å². The number of rotatable bonds is 7. The van der Waals surface area contributed by atoms with Crippen LogP contribution in [0.1, 0.15) is 19.3 Å². The van der Waals surface area contributed by atoms with Crippen LogP contribution in [0.15, 0.2) is 17.4 Å². The Bertz CT molecular complexity index is 345. The number of carbonyl (C=O) groups excluding carboxylic acids is 1. The van der Waals surface area contributed by atoms with E-state index in [-0.39, 0.29) is 5.91 Å². The van der Waals surface area contributed by atoms with Crippen molar-refractivity contribution >= 4 is 23.5 Å². The first kappa shape index (κ1) is 12.8. The van der Waals surface area contributed by atoms with E-state index < -0.39 is 0 Å². The molecule has 0 spiro atoms. The molecule has 0 saturated carbocycles. The van der Waals surface area contributed by atoms with E-state index in [1.54, 1.807) is 11.8 Å². The van der Waals surface area contributed by atoms with E-state index >= 15 is 0 Å². The van der Waals surface area contributed by atoms with Crippen molar-refractivity contribution < 1.29 is 4.79 Å². The zero-order chi connectivity index (χ0) is 11.8. The Kier molecular flexibility index (Phi) is 5.63. The summed E-state index contributed by atoms with van der Waals surface area (Å²) in [6, 6.07) is 1.90. The molecule has 0 saturated heterocycles. The summed E-state index contributed by atoms with van der Waals surface area (Å²) in [6.45, 7) is 0.790. The van der Waals surface area contributed by atoms with Gasteiger partial charge in [0.05, 0.1) is 0 Å². The molecule has 5 nitrogen and oxygen atoms in total. The highest BCUT2D eigenvalue weighted by Crippen LogP contribution is 2.13. The molecule has 1 heterocycles. The van der Waals surface area contributed by atoms with Crippen LogP contribution in [-0.2, 0) is 4.79 Å². The summed E-state index contributed by atoms with van der Waals surface area (Å²) < 4.78 is 0. The Morgan fingerprint density at radius 1 is 1.50 bits per heavy atom. The van der Waals surface area contributed by atoms with Gasteiger partial charge in [-0.2, -0.15) is 0 Å². The van der Waals surface area contributed by atoms with Crippen molar-refractivity contribution in [3.8, 4) is 0 Å². The first-order valence-corrected chi connectivity index (χ1v) is 6.33. The Labute approximate surface area is 99.2 Å². The van der Waals surface area contributed by atoms with Crippen LogP contribution in [0.4, 0.5) is 5.82 Å². The van der Waals surface area contributed by atoms with Crippen LogP contribution in [0.25, 0.3) is 0 Å². The third kappa shape index (κ3) is 4.97. The number of anilines is 1. The van der Waals surface area contributed by atoms with E-state index in [2.05, 4.69) is 15.3 Å². The van der Waals surface area contributed by atoms with Crippen molar-refractivity contribution in [2.45, 2.75) is 24.3 Å². The highest BCUT2D eigenvalue weighted by Gasteiger charge is 1.97. The maximum atomic E-state index is 10.5. The fourth-order valence-electron chi connectivity index (χ4n) is 1.19. The number of nitrogens with zero attached hydrogens (tertiary/aromatic N) is 2. The highest BCUT2D eigenvalue weighted by atomic mass is 32.2. The number of amides is 1. The zero-order valence-corrected chi connectivity index (χ0v) is 10.1. The topological polar surface area (TPSA) is 80.9 Å². The van der Waals surface area contributed by atoms with Crippen LogP contribution in [0.2, 0.25) is 0 Å². The molecule has 16 heavy (non-hydrogen) atoms. The molecule has 0 aliphatic rings. The number of carbonyl (C=O) groups is 1. The van der Waals surface area contributed by atoms with Gasteiger partial charge in [-0.3, -0.25) is 4.79 Å². The van der Waals surface area contributed by atoms with Gasteiger partial charge in [0.25, 0.3) is 0 Å². The third-order valence-corrected chi connectivity index (χ3v) is 2.65. The van der Waals surface area contributed by atoms with E-state index in [9.17, 15) is 4.79 Å². The molecule has 1 rings (SSSR count). The van der Waals surface area contributed by atoms with Crippen LogP contribution in [0.3, 0.4) is 0 Å². The minimum Gasteiger partial charge on any atom is -0.370 e. The van der Waals surface area contributed by atoms with Crippen LogP contribution in [-0.4, -0.2) is 28.7 Å². The molecule has 0 aromatic carbocycles. The van der Waals surface area contributed by atoms with Crippen LogP contribution in [0.5, 0.6) is 0 Å². The first-order chi connectivity index (χ1) is 7.72. The van der Waals surface area contributed by atoms with E-state index in [0.717, 1.165) is 30.2 Å². The summed E-state index contributed by atoms with van der Waals surface area (Å²) in [4.78, 5) is 18.7. The summed E-state index contributed by atoms with van der Waals surface area (Å²) in [5.41, 5.74) is 5.04. The van der Waals surface area contributed by atoms with Gasteiger partial charge in [0.1, 0.15) is 17.2 Å². The smallest absolute Gasteiger partial charge is 0.217 e. The molecule has 1 aromatic heterocycles. The van der Waals surface area contributed by atoms with Gasteiger partial charge < -0.3 is 11.1 Å². The highest BCUT2D eigenvalue weighted by molar-refractivity contribution is 7.98. The third-order valence-electron chi connectivity index (χ3n) is 2.01. The lowest BCUT2D eigenvalue weighted by Crippen LogP contribution is -2.11. The van der Waals surface area contributed by atoms with Gasteiger partial charge in [0, 0.05) is 19.0 Å². The molecule has 3 N–H and O–H groups in total. The van der Waals surface area contributed by atoms with Crippen LogP contribution in [0, 0.1) is 0 Å². The fourth-order valence-corrected chi connectivity index (χ4v) is 1.57. The molecular formula is C10H16N4OS. The van der Waals surface area contributed by atoms with Gasteiger partial charge in [-0.15, -0.1) is 11.8 Å². The molecule has 0 radical (unpaired) electrons. The van der Waals surface area contributed by atoms with E-state index in [0.29, 0.717) is 6.42 Å². The Hall–Kier alpha value is -1.30. The Morgan fingerprint density at radius 3 is 3.00 bits per heavy atom. The standard InChI is InChI=1S/C10H16N4OS/c1-16-10-6-9(13-7-14-10)12-5-3-2-4-8(11)15/h6-7H,2-5H2,1H3,(H2,11,15)(H,12,13,14). The lowest BCUT2D eigenvalue weighted by Gasteiger charge is -2.05. The minimum absolute atomic E-state index is 0.244. The van der Waals surface area contributed by atoms with Crippen LogP contribution < -0.4 is 11.1 Å². The molecule has 0 fully saturated rings. The average molecular weight is 240 g/mol. The van der Waals surface area contributed by atoms with Crippen molar-refractivity contribution in [2.24, 2.45) is 5.73 Å². The zero-order valence-electron chi connectivity index (χ0n) is 9.27. The summed E-state index contributed by atoms with van der Waals surface area (Å²) in [6.07, 6.45) is 5.67. The van der Waals surface area contributed by atoms with E-state index in [4.69, 9.17) is 5.73 Å². The molecule has 0 atom stereocenters. The molecule has 0 aliphatic carbocycles.